The van der Waals surface area contributed by atoms with Crippen LogP contribution in [-0.2, 0) is 0 Å². The van der Waals surface area contributed by atoms with Gasteiger partial charge in [-0.05, 0) is 12.1 Å². The van der Waals surface area contributed by atoms with Crippen LogP contribution in [0.2, 0.25) is 0 Å². The molecular weight excluding hydrogens is 182 g/mol. The lowest BCUT2D eigenvalue weighted by Crippen LogP contribution is -2.00. The van der Waals surface area contributed by atoms with Gasteiger partial charge in [-0.2, -0.15) is 0 Å². The fourth-order valence-corrected chi connectivity index (χ4v) is 0.879. The summed E-state index contributed by atoms with van der Waals surface area (Å²) in [5.41, 5.74) is 0.506. The van der Waals surface area contributed by atoms with E-state index >= 15 is 0 Å². The number of carbonyl (C=O) groups is 1. The summed E-state index contributed by atoms with van der Waals surface area (Å²) in [5.74, 6) is -1.00. The van der Waals surface area contributed by atoms with Crippen molar-refractivity contribution in [3.05, 3.63) is 29.8 Å². The van der Waals surface area contributed by atoms with Gasteiger partial charge in [-0.3, -0.25) is 5.01 Å². The van der Waals surface area contributed by atoms with E-state index in [1.165, 1.54) is 11.1 Å². The predicted molar refractivity (Wildman–Crippen MR) is 51.6 cm³/mol. The highest BCUT2D eigenvalue weighted by Crippen LogP contribution is 2.18. The number of nitrogens with zero attached hydrogens (tertiary/aromatic N) is 3. The van der Waals surface area contributed by atoms with Crippen LogP contribution < -0.4 is 0 Å². The van der Waals surface area contributed by atoms with Gasteiger partial charge < -0.3 is 5.11 Å². The van der Waals surface area contributed by atoms with Crippen molar-refractivity contribution in [2.24, 2.45) is 10.3 Å². The third-order valence-corrected chi connectivity index (χ3v) is 1.47. The van der Waals surface area contributed by atoms with E-state index in [0.29, 0.717) is 5.69 Å². The largest absolute Gasteiger partial charge is 0.478 e. The standard InChI is InChI=1S/C9H11N3O2/c1-12(2)11-10-8-6-4-3-5-7(8)9(13)14/h3-6H,1-2H3,(H,13,14). The Morgan fingerprint density at radius 1 is 1.36 bits per heavy atom. The maximum atomic E-state index is 10.8. The van der Waals surface area contributed by atoms with Crippen molar-refractivity contribution in [3.63, 3.8) is 0 Å². The van der Waals surface area contributed by atoms with Crippen molar-refractivity contribution in [1.82, 2.24) is 5.01 Å². The van der Waals surface area contributed by atoms with Crippen LogP contribution in [0.15, 0.2) is 34.6 Å². The monoisotopic (exact) mass is 193 g/mol. The number of benzene rings is 1. The van der Waals surface area contributed by atoms with Crippen molar-refractivity contribution < 1.29 is 9.90 Å². The molecule has 0 aromatic heterocycles. The molecule has 0 atom stereocenters. The third-order valence-electron chi connectivity index (χ3n) is 1.47. The van der Waals surface area contributed by atoms with Crippen LogP contribution in [0.4, 0.5) is 5.69 Å². The van der Waals surface area contributed by atoms with Crippen LogP contribution in [0, 0.1) is 0 Å². The van der Waals surface area contributed by atoms with E-state index in [2.05, 4.69) is 10.3 Å². The molecule has 1 aromatic carbocycles. The first-order valence-corrected chi connectivity index (χ1v) is 4.02. The predicted octanol–water partition coefficient (Wildman–Crippen LogP) is 1.95. The Hall–Kier alpha value is -1.91. The minimum atomic E-state index is -1.00. The summed E-state index contributed by atoms with van der Waals surface area (Å²) in [6.45, 7) is 0. The number of aromatic carboxylic acids is 1. The minimum Gasteiger partial charge on any atom is -0.478 e. The first-order chi connectivity index (χ1) is 6.61. The number of hydrogen-bond donors (Lipinski definition) is 1. The smallest absolute Gasteiger partial charge is 0.337 e. The van der Waals surface area contributed by atoms with Crippen LogP contribution in [0.25, 0.3) is 0 Å². The highest BCUT2D eigenvalue weighted by atomic mass is 16.4. The van der Waals surface area contributed by atoms with Crippen molar-refractivity contribution in [2.75, 3.05) is 14.1 Å². The van der Waals surface area contributed by atoms with Gasteiger partial charge in [0.15, 0.2) is 0 Å². The Morgan fingerprint density at radius 3 is 2.57 bits per heavy atom. The Labute approximate surface area is 81.7 Å². The second kappa shape index (κ2) is 4.36. The lowest BCUT2D eigenvalue weighted by molar-refractivity contribution is 0.0697. The summed E-state index contributed by atoms with van der Waals surface area (Å²) >= 11 is 0. The molecule has 0 radical (unpaired) electrons. The number of rotatable bonds is 3. The van der Waals surface area contributed by atoms with Crippen molar-refractivity contribution >= 4 is 11.7 Å². The maximum absolute atomic E-state index is 10.8. The Kier molecular flexibility index (Phi) is 3.17. The van der Waals surface area contributed by atoms with Gasteiger partial charge in [0.2, 0.25) is 0 Å². The molecule has 0 aliphatic carbocycles. The average Bonchev–Trinajstić information content (AvgIpc) is 2.15. The van der Waals surface area contributed by atoms with Gasteiger partial charge in [0.1, 0.15) is 5.69 Å². The number of carboxylic acid groups (broad SMARTS) is 1. The molecule has 5 nitrogen and oxygen atoms in total. The zero-order valence-corrected chi connectivity index (χ0v) is 8.01. The zero-order chi connectivity index (χ0) is 10.6. The van der Waals surface area contributed by atoms with Gasteiger partial charge in [-0.1, -0.05) is 17.4 Å². The molecule has 14 heavy (non-hydrogen) atoms. The summed E-state index contributed by atoms with van der Waals surface area (Å²) in [4.78, 5) is 10.8. The molecule has 0 heterocycles. The van der Waals surface area contributed by atoms with E-state index in [1.54, 1.807) is 32.3 Å². The molecule has 1 aromatic rings. The highest BCUT2D eigenvalue weighted by Gasteiger charge is 2.07. The van der Waals surface area contributed by atoms with E-state index in [4.69, 9.17) is 5.11 Å². The van der Waals surface area contributed by atoms with Crippen molar-refractivity contribution in [3.8, 4) is 0 Å². The van der Waals surface area contributed by atoms with Gasteiger partial charge in [-0.15, -0.1) is 5.11 Å². The molecule has 0 unspecified atom stereocenters. The topological polar surface area (TPSA) is 65.3 Å². The molecule has 0 saturated carbocycles. The van der Waals surface area contributed by atoms with E-state index in [1.807, 2.05) is 0 Å². The summed E-state index contributed by atoms with van der Waals surface area (Å²) in [6.07, 6.45) is 0. The zero-order valence-electron chi connectivity index (χ0n) is 8.01. The SMILES string of the molecule is CN(C)N=Nc1ccccc1C(=O)O. The van der Waals surface area contributed by atoms with Gasteiger partial charge in [-0.25, -0.2) is 4.79 Å². The molecule has 1 rings (SSSR count). The molecule has 0 aliphatic rings. The first kappa shape index (κ1) is 10.2. The number of hydrogen-bond acceptors (Lipinski definition) is 3. The Morgan fingerprint density at radius 2 is 2.00 bits per heavy atom. The van der Waals surface area contributed by atoms with E-state index in [0.717, 1.165) is 0 Å². The van der Waals surface area contributed by atoms with Crippen LogP contribution in [0.3, 0.4) is 0 Å². The van der Waals surface area contributed by atoms with E-state index in [-0.39, 0.29) is 5.56 Å². The summed E-state index contributed by atoms with van der Waals surface area (Å²) in [5, 5.41) is 17.8. The molecule has 0 saturated heterocycles. The van der Waals surface area contributed by atoms with Crippen molar-refractivity contribution in [2.45, 2.75) is 0 Å². The molecular formula is C9H11N3O2. The molecule has 0 fully saturated rings. The van der Waals surface area contributed by atoms with E-state index in [9.17, 15) is 4.79 Å². The first-order valence-electron chi connectivity index (χ1n) is 4.02. The van der Waals surface area contributed by atoms with Crippen LogP contribution in [0.1, 0.15) is 10.4 Å². The fourth-order valence-electron chi connectivity index (χ4n) is 0.879. The lowest BCUT2D eigenvalue weighted by atomic mass is 10.2. The Balaban J connectivity index is 3.02. The molecule has 0 aliphatic heterocycles. The molecule has 0 bridgehead atoms. The average molecular weight is 193 g/mol. The third kappa shape index (κ3) is 2.55. The van der Waals surface area contributed by atoms with Crippen LogP contribution in [0.5, 0.6) is 0 Å². The summed E-state index contributed by atoms with van der Waals surface area (Å²) in [6, 6.07) is 6.47. The molecule has 1 N–H and O–H groups in total. The van der Waals surface area contributed by atoms with Crippen LogP contribution >= 0.6 is 0 Å². The van der Waals surface area contributed by atoms with Gasteiger partial charge in [0.05, 0.1) is 5.56 Å². The summed E-state index contributed by atoms with van der Waals surface area (Å²) < 4.78 is 0. The second-order valence-electron chi connectivity index (χ2n) is 2.86. The second-order valence-corrected chi connectivity index (χ2v) is 2.86. The highest BCUT2D eigenvalue weighted by molar-refractivity contribution is 5.93. The quantitative estimate of drug-likeness (QED) is 0.589. The molecule has 0 spiro atoms. The summed E-state index contributed by atoms with van der Waals surface area (Å²) in [7, 11) is 3.43. The van der Waals surface area contributed by atoms with Crippen LogP contribution in [-0.4, -0.2) is 30.2 Å². The Bertz CT molecular complexity index is 361. The fraction of sp³-hybridized carbons (Fsp3) is 0.222. The van der Waals surface area contributed by atoms with Crippen molar-refractivity contribution in [1.29, 1.82) is 0 Å². The maximum Gasteiger partial charge on any atom is 0.337 e. The van der Waals surface area contributed by atoms with E-state index < -0.39 is 5.97 Å². The normalized spacial score (nSPS) is 10.4. The number of carboxylic acids is 1. The molecule has 5 heteroatoms. The molecule has 0 amide bonds. The lowest BCUT2D eigenvalue weighted by Gasteiger charge is -2.02. The van der Waals surface area contributed by atoms with Gasteiger partial charge in [0, 0.05) is 14.1 Å². The van der Waals surface area contributed by atoms with Gasteiger partial charge >= 0.3 is 5.97 Å². The van der Waals surface area contributed by atoms with Gasteiger partial charge in [0.25, 0.3) is 0 Å². The molecule has 74 valence electrons. The minimum absolute atomic E-state index is 0.151.